The van der Waals surface area contributed by atoms with E-state index in [2.05, 4.69) is 78.7 Å². The number of rotatable bonds is 2. The van der Waals surface area contributed by atoms with Crippen molar-refractivity contribution in [1.29, 1.82) is 0 Å². The third kappa shape index (κ3) is 2.49. The second-order valence-electron chi connectivity index (χ2n) is 6.92. The zero-order chi connectivity index (χ0) is 17.6. The Hall–Kier alpha value is -3.05. The average molecular weight is 324 g/mol. The first kappa shape index (κ1) is 15.5. The van der Waals surface area contributed by atoms with Crippen LogP contribution in [0.4, 0.5) is 5.69 Å². The van der Waals surface area contributed by atoms with Gasteiger partial charge in [-0.2, -0.15) is 0 Å². The fourth-order valence-corrected chi connectivity index (χ4v) is 3.48. The van der Waals surface area contributed by atoms with Gasteiger partial charge in [0.2, 0.25) is 0 Å². The highest BCUT2D eigenvalue weighted by Crippen LogP contribution is 2.35. The molecule has 0 saturated heterocycles. The fourth-order valence-electron chi connectivity index (χ4n) is 3.48. The summed E-state index contributed by atoms with van der Waals surface area (Å²) in [4.78, 5) is 3.60. The molecule has 0 amide bonds. The number of aryl methyl sites for hydroxylation is 1. The maximum absolute atomic E-state index is 7.32. The van der Waals surface area contributed by atoms with Crippen molar-refractivity contribution in [3.05, 3.63) is 83.2 Å². The van der Waals surface area contributed by atoms with Crippen LogP contribution in [0.3, 0.4) is 0 Å². The summed E-state index contributed by atoms with van der Waals surface area (Å²) in [6, 6.07) is 21.3. The molecule has 0 bridgehead atoms. The van der Waals surface area contributed by atoms with Crippen molar-refractivity contribution in [2.24, 2.45) is 0 Å². The summed E-state index contributed by atoms with van der Waals surface area (Å²) in [6.07, 6.45) is 0. The topological polar surface area (TPSA) is 9.29 Å². The number of hydrogen-bond donors (Lipinski definition) is 0. The van der Waals surface area contributed by atoms with Gasteiger partial charge in [0.25, 0.3) is 0 Å². The minimum Gasteiger partial charge on any atom is -0.309 e. The minimum atomic E-state index is 0.524. The number of benzene rings is 3. The van der Waals surface area contributed by atoms with Gasteiger partial charge in [-0.05, 0) is 60.2 Å². The van der Waals surface area contributed by atoms with Gasteiger partial charge in [-0.15, -0.1) is 0 Å². The number of nitrogens with zero attached hydrogens (tertiary/aromatic N) is 2. The van der Waals surface area contributed by atoms with E-state index in [9.17, 15) is 0 Å². The molecule has 0 N–H and O–H groups in total. The van der Waals surface area contributed by atoms with Crippen LogP contribution < -0.4 is 0 Å². The van der Waals surface area contributed by atoms with Crippen molar-refractivity contribution < 1.29 is 0 Å². The predicted molar refractivity (Wildman–Crippen MR) is 106 cm³/mol. The van der Waals surface area contributed by atoms with Gasteiger partial charge < -0.3 is 4.57 Å². The van der Waals surface area contributed by atoms with E-state index in [0.29, 0.717) is 11.6 Å². The Bertz CT molecular complexity index is 1120. The molecular formula is C23H20N2. The summed E-state index contributed by atoms with van der Waals surface area (Å²) in [7, 11) is 0. The summed E-state index contributed by atoms with van der Waals surface area (Å²) in [5, 5.41) is 2.34. The molecule has 0 radical (unpaired) electrons. The third-order valence-corrected chi connectivity index (χ3v) is 4.85. The molecule has 0 spiro atoms. The van der Waals surface area contributed by atoms with Crippen LogP contribution in [0.5, 0.6) is 0 Å². The van der Waals surface area contributed by atoms with E-state index in [4.69, 9.17) is 6.57 Å². The van der Waals surface area contributed by atoms with Crippen molar-refractivity contribution in [2.75, 3.05) is 0 Å². The first-order chi connectivity index (χ1) is 12.1. The zero-order valence-corrected chi connectivity index (χ0v) is 14.7. The van der Waals surface area contributed by atoms with E-state index in [0.717, 1.165) is 16.6 Å². The number of aromatic nitrogens is 1. The third-order valence-electron chi connectivity index (χ3n) is 4.85. The van der Waals surface area contributed by atoms with E-state index >= 15 is 0 Å². The van der Waals surface area contributed by atoms with E-state index < -0.39 is 0 Å². The Morgan fingerprint density at radius 3 is 2.12 bits per heavy atom. The summed E-state index contributed by atoms with van der Waals surface area (Å²) < 4.78 is 2.29. The normalized spacial score (nSPS) is 11.3. The monoisotopic (exact) mass is 324 g/mol. The molecule has 0 fully saturated rings. The second kappa shape index (κ2) is 5.79. The van der Waals surface area contributed by atoms with Gasteiger partial charge in [0.15, 0.2) is 5.69 Å². The van der Waals surface area contributed by atoms with Crippen LogP contribution in [0.15, 0.2) is 60.7 Å². The average Bonchev–Trinajstić information content (AvgIpc) is 2.94. The maximum atomic E-state index is 7.32. The molecule has 0 aliphatic rings. The summed E-state index contributed by atoms with van der Waals surface area (Å²) in [6.45, 7) is 13.9. The molecule has 2 nitrogen and oxygen atoms in total. The Morgan fingerprint density at radius 1 is 0.840 bits per heavy atom. The highest BCUT2D eigenvalue weighted by Gasteiger charge is 2.13. The zero-order valence-electron chi connectivity index (χ0n) is 14.7. The lowest BCUT2D eigenvalue weighted by Crippen LogP contribution is -1.95. The molecule has 4 aromatic rings. The van der Waals surface area contributed by atoms with Gasteiger partial charge in [0, 0.05) is 11.1 Å². The van der Waals surface area contributed by atoms with Crippen molar-refractivity contribution in [3.8, 4) is 5.69 Å². The van der Waals surface area contributed by atoms with Gasteiger partial charge >= 0.3 is 0 Å². The van der Waals surface area contributed by atoms with Crippen molar-refractivity contribution in [1.82, 2.24) is 4.57 Å². The summed E-state index contributed by atoms with van der Waals surface area (Å²) in [5.41, 5.74) is 6.74. The van der Waals surface area contributed by atoms with Gasteiger partial charge in [-0.1, -0.05) is 43.7 Å². The van der Waals surface area contributed by atoms with E-state index in [1.54, 1.807) is 0 Å². The first-order valence-electron chi connectivity index (χ1n) is 8.61. The van der Waals surface area contributed by atoms with Crippen LogP contribution in [0.25, 0.3) is 32.3 Å². The van der Waals surface area contributed by atoms with Gasteiger partial charge in [-0.3, -0.25) is 0 Å². The highest BCUT2D eigenvalue weighted by molar-refractivity contribution is 6.10. The predicted octanol–water partition coefficient (Wildman–Crippen LogP) is 6.77. The minimum absolute atomic E-state index is 0.524. The molecule has 0 atom stereocenters. The van der Waals surface area contributed by atoms with E-state index in [1.165, 1.54) is 22.0 Å². The first-order valence-corrected chi connectivity index (χ1v) is 8.61. The lowest BCUT2D eigenvalue weighted by atomic mass is 10.0. The Kier molecular flexibility index (Phi) is 3.58. The van der Waals surface area contributed by atoms with Crippen molar-refractivity contribution in [2.45, 2.75) is 26.7 Å². The second-order valence-corrected chi connectivity index (χ2v) is 6.92. The molecule has 0 unspecified atom stereocenters. The number of fused-ring (bicyclic) bond motifs is 3. The van der Waals surface area contributed by atoms with Gasteiger partial charge in [-0.25, -0.2) is 4.85 Å². The molecule has 25 heavy (non-hydrogen) atoms. The highest BCUT2D eigenvalue weighted by atomic mass is 15.0. The molecule has 0 aliphatic heterocycles. The van der Waals surface area contributed by atoms with Crippen LogP contribution in [-0.2, 0) is 0 Å². The van der Waals surface area contributed by atoms with E-state index in [-0.39, 0.29) is 0 Å². The van der Waals surface area contributed by atoms with Crippen LogP contribution in [0.2, 0.25) is 0 Å². The molecule has 1 aromatic heterocycles. The molecule has 1 heterocycles. The SMILES string of the molecule is [C-]#[N+]c1ccc2c(c1)c1cc(C)ccc1n2-c1ccc(C(C)C)cc1. The van der Waals surface area contributed by atoms with Crippen LogP contribution in [0, 0.1) is 13.5 Å². The molecule has 0 saturated carbocycles. The molecular weight excluding hydrogens is 304 g/mol. The maximum Gasteiger partial charge on any atom is 0.188 e. The Labute approximate surface area is 148 Å². The van der Waals surface area contributed by atoms with Crippen LogP contribution in [0.1, 0.15) is 30.9 Å². The molecule has 0 aliphatic carbocycles. The lowest BCUT2D eigenvalue weighted by Gasteiger charge is -2.10. The van der Waals surface area contributed by atoms with Crippen LogP contribution >= 0.6 is 0 Å². The molecule has 4 rings (SSSR count). The smallest absolute Gasteiger partial charge is 0.188 e. The van der Waals surface area contributed by atoms with Gasteiger partial charge in [0.05, 0.1) is 17.6 Å². The molecule has 3 aromatic carbocycles. The van der Waals surface area contributed by atoms with Gasteiger partial charge in [0.1, 0.15) is 0 Å². The molecule has 122 valence electrons. The Balaban J connectivity index is 2.06. The summed E-state index contributed by atoms with van der Waals surface area (Å²) >= 11 is 0. The van der Waals surface area contributed by atoms with Crippen LogP contribution in [-0.4, -0.2) is 4.57 Å². The van der Waals surface area contributed by atoms with Crippen molar-refractivity contribution >= 4 is 27.5 Å². The standard InChI is InChI=1S/C23H20N2/c1-15(2)17-6-9-19(10-7-17)25-22-11-5-16(3)13-20(22)21-14-18(24-4)8-12-23(21)25/h5-15H,1-3H3. The lowest BCUT2D eigenvalue weighted by molar-refractivity contribution is 0.866. The quantitative estimate of drug-likeness (QED) is 0.360. The number of hydrogen-bond acceptors (Lipinski definition) is 0. The molecule has 2 heteroatoms. The van der Waals surface area contributed by atoms with Crippen molar-refractivity contribution in [3.63, 3.8) is 0 Å². The fraction of sp³-hybridized carbons (Fsp3) is 0.174. The largest absolute Gasteiger partial charge is 0.309 e. The summed E-state index contributed by atoms with van der Waals surface area (Å²) in [5.74, 6) is 0.524. The van der Waals surface area contributed by atoms with E-state index in [1.807, 2.05) is 12.1 Å². The Morgan fingerprint density at radius 2 is 1.48 bits per heavy atom.